The van der Waals surface area contributed by atoms with E-state index in [1.807, 2.05) is 29.2 Å². The summed E-state index contributed by atoms with van der Waals surface area (Å²) in [6.45, 7) is 7.48. The van der Waals surface area contributed by atoms with E-state index >= 15 is 0 Å². The van der Waals surface area contributed by atoms with Crippen LogP contribution >= 0.6 is 11.8 Å². The minimum Gasteiger partial charge on any atom is -0.465 e. The number of ether oxygens (including phenoxy) is 1. The summed E-state index contributed by atoms with van der Waals surface area (Å²) in [7, 11) is 0. The van der Waals surface area contributed by atoms with Crippen molar-refractivity contribution in [3.8, 4) is 0 Å². The zero-order chi connectivity index (χ0) is 23.4. The first-order valence-corrected chi connectivity index (χ1v) is 12.0. The van der Waals surface area contributed by atoms with Crippen molar-refractivity contribution in [3.05, 3.63) is 48.0 Å². The number of fused-ring (bicyclic) bond motifs is 2. The Hall–Kier alpha value is -2.23. The third-order valence-electron chi connectivity index (χ3n) is 5.98. The topological polar surface area (TPSA) is 36.0 Å². The van der Waals surface area contributed by atoms with E-state index in [-0.39, 0.29) is 11.7 Å². The summed E-state index contributed by atoms with van der Waals surface area (Å²) >= 11 is 1.40. The van der Waals surface area contributed by atoms with Gasteiger partial charge in [0, 0.05) is 56.0 Å². The van der Waals surface area contributed by atoms with Gasteiger partial charge in [-0.2, -0.15) is 13.2 Å². The Labute approximate surface area is 196 Å². The van der Waals surface area contributed by atoms with E-state index in [0.717, 1.165) is 56.3 Å². The molecule has 0 aromatic heterocycles. The number of carbonyl (C=O) groups is 1. The number of alkyl halides is 3. The number of halogens is 3. The molecule has 178 valence electrons. The Kier molecular flexibility index (Phi) is 7.51. The molecule has 5 nitrogen and oxygen atoms in total. The van der Waals surface area contributed by atoms with Crippen LogP contribution in [0.4, 0.5) is 24.5 Å². The maximum Gasteiger partial charge on any atom is 0.418 e. The van der Waals surface area contributed by atoms with E-state index in [2.05, 4.69) is 9.80 Å². The molecule has 0 aliphatic carbocycles. The minimum absolute atomic E-state index is 0.262. The number of piperazine rings is 1. The van der Waals surface area contributed by atoms with Gasteiger partial charge in [-0.05, 0) is 37.2 Å². The fraction of sp³-hybridized carbons (Fsp3) is 0.458. The monoisotopic (exact) mass is 479 g/mol. The van der Waals surface area contributed by atoms with Gasteiger partial charge in [-0.3, -0.25) is 9.69 Å². The van der Waals surface area contributed by atoms with Crippen LogP contribution in [0.1, 0.15) is 18.9 Å². The number of anilines is 2. The lowest BCUT2D eigenvalue weighted by Crippen LogP contribution is -2.47. The zero-order valence-corrected chi connectivity index (χ0v) is 19.4. The minimum atomic E-state index is -4.40. The average molecular weight is 480 g/mol. The number of rotatable bonds is 7. The molecular weight excluding hydrogens is 451 g/mol. The van der Waals surface area contributed by atoms with Gasteiger partial charge in [-0.25, -0.2) is 0 Å². The molecule has 0 spiro atoms. The molecule has 0 amide bonds. The fourth-order valence-corrected chi connectivity index (χ4v) is 5.49. The largest absolute Gasteiger partial charge is 0.465 e. The maximum absolute atomic E-state index is 13.8. The van der Waals surface area contributed by atoms with Gasteiger partial charge in [-0.15, -0.1) is 0 Å². The molecule has 0 atom stereocenters. The van der Waals surface area contributed by atoms with Gasteiger partial charge in [0.1, 0.15) is 6.61 Å². The highest BCUT2D eigenvalue weighted by Gasteiger charge is 2.38. The molecule has 0 bridgehead atoms. The van der Waals surface area contributed by atoms with Gasteiger partial charge in [0.05, 0.1) is 16.9 Å². The van der Waals surface area contributed by atoms with Crippen LogP contribution in [0, 0.1) is 0 Å². The van der Waals surface area contributed by atoms with Gasteiger partial charge in [-0.1, -0.05) is 30.0 Å². The van der Waals surface area contributed by atoms with E-state index in [1.165, 1.54) is 30.8 Å². The Balaban J connectivity index is 1.40. The summed E-state index contributed by atoms with van der Waals surface area (Å²) in [6.07, 6.45) is -3.64. The number of carbonyl (C=O) groups excluding carboxylic acids is 1. The van der Waals surface area contributed by atoms with Crippen molar-refractivity contribution in [1.29, 1.82) is 0 Å². The second kappa shape index (κ2) is 10.4. The predicted molar refractivity (Wildman–Crippen MR) is 123 cm³/mol. The van der Waals surface area contributed by atoms with Crippen molar-refractivity contribution in [1.82, 2.24) is 9.80 Å². The normalized spacial score (nSPS) is 16.9. The third kappa shape index (κ3) is 5.83. The second-order valence-electron chi connectivity index (χ2n) is 8.25. The Morgan fingerprint density at radius 3 is 2.30 bits per heavy atom. The van der Waals surface area contributed by atoms with Crippen molar-refractivity contribution < 1.29 is 22.7 Å². The number of nitrogens with zero attached hydrogens (tertiary/aromatic N) is 3. The van der Waals surface area contributed by atoms with E-state index in [1.54, 1.807) is 6.07 Å². The van der Waals surface area contributed by atoms with Crippen LogP contribution in [-0.4, -0.2) is 68.2 Å². The quantitative estimate of drug-likeness (QED) is 0.527. The van der Waals surface area contributed by atoms with E-state index in [9.17, 15) is 18.0 Å². The first-order valence-electron chi connectivity index (χ1n) is 11.2. The number of hydrogen-bond donors (Lipinski definition) is 0. The van der Waals surface area contributed by atoms with Crippen LogP contribution in [0.25, 0.3) is 0 Å². The summed E-state index contributed by atoms with van der Waals surface area (Å²) < 4.78 is 46.5. The van der Waals surface area contributed by atoms with Crippen LogP contribution in [0.15, 0.2) is 52.3 Å². The van der Waals surface area contributed by atoms with Gasteiger partial charge in [0.25, 0.3) is 0 Å². The van der Waals surface area contributed by atoms with Gasteiger partial charge < -0.3 is 14.5 Å². The van der Waals surface area contributed by atoms with Crippen molar-refractivity contribution in [2.24, 2.45) is 0 Å². The molecule has 0 radical (unpaired) electrons. The Bertz CT molecular complexity index is 978. The Morgan fingerprint density at radius 1 is 0.939 bits per heavy atom. The lowest BCUT2D eigenvalue weighted by atomic mass is 10.1. The molecule has 0 N–H and O–H groups in total. The first-order chi connectivity index (χ1) is 15.8. The molecular formula is C24H28F3N3O2S. The van der Waals surface area contributed by atoms with Crippen LogP contribution < -0.4 is 4.90 Å². The highest BCUT2D eigenvalue weighted by molar-refractivity contribution is 7.99. The van der Waals surface area contributed by atoms with Crippen LogP contribution in [0.5, 0.6) is 0 Å². The SMILES string of the molecule is CC(=O)OCCN1CCN(CCCN2c3ccccc3Sc3cccc(C(F)(F)F)c32)CC1. The highest BCUT2D eigenvalue weighted by Crippen LogP contribution is 2.52. The molecule has 0 saturated carbocycles. The average Bonchev–Trinajstić information content (AvgIpc) is 2.78. The second-order valence-corrected chi connectivity index (χ2v) is 9.33. The van der Waals surface area contributed by atoms with Gasteiger partial charge in [0.15, 0.2) is 0 Å². The molecule has 1 fully saturated rings. The lowest BCUT2D eigenvalue weighted by Gasteiger charge is -2.37. The van der Waals surface area contributed by atoms with Gasteiger partial charge in [0.2, 0.25) is 0 Å². The molecule has 2 aliphatic heterocycles. The van der Waals surface area contributed by atoms with E-state index < -0.39 is 11.7 Å². The number of hydrogen-bond acceptors (Lipinski definition) is 6. The maximum atomic E-state index is 13.8. The first kappa shape index (κ1) is 23.9. The summed E-state index contributed by atoms with van der Waals surface area (Å²) in [5.74, 6) is -0.262. The third-order valence-corrected chi connectivity index (χ3v) is 7.10. The van der Waals surface area contributed by atoms with Gasteiger partial charge >= 0.3 is 12.1 Å². The summed E-state index contributed by atoms with van der Waals surface area (Å²) in [6, 6.07) is 12.1. The molecule has 1 saturated heterocycles. The predicted octanol–water partition coefficient (Wildman–Crippen LogP) is 4.88. The van der Waals surface area contributed by atoms with E-state index in [4.69, 9.17) is 4.74 Å². The molecule has 2 heterocycles. The molecule has 2 aromatic rings. The van der Waals surface area contributed by atoms with Crippen LogP contribution in [-0.2, 0) is 15.7 Å². The number of esters is 1. The molecule has 9 heteroatoms. The number of benzene rings is 2. The van der Waals surface area contributed by atoms with Crippen molar-refractivity contribution in [3.63, 3.8) is 0 Å². The Morgan fingerprint density at radius 2 is 1.61 bits per heavy atom. The van der Waals surface area contributed by atoms with Crippen molar-refractivity contribution in [2.45, 2.75) is 29.3 Å². The van der Waals surface area contributed by atoms with E-state index in [0.29, 0.717) is 18.0 Å². The van der Waals surface area contributed by atoms with Crippen molar-refractivity contribution >= 4 is 29.1 Å². The summed E-state index contributed by atoms with van der Waals surface area (Å²) in [4.78, 5) is 19.0. The molecule has 4 rings (SSSR count). The molecule has 2 aromatic carbocycles. The highest BCUT2D eigenvalue weighted by atomic mass is 32.2. The van der Waals surface area contributed by atoms with Crippen LogP contribution in [0.2, 0.25) is 0 Å². The molecule has 33 heavy (non-hydrogen) atoms. The fourth-order valence-electron chi connectivity index (χ4n) is 4.36. The summed E-state index contributed by atoms with van der Waals surface area (Å²) in [5.41, 5.74) is 0.523. The standard InChI is InChI=1S/C24H28F3N3O2S/c1-18(31)32-17-16-29-14-12-28(13-15-29)10-5-11-30-20-7-2-3-8-21(20)33-22-9-4-6-19(23(22)30)24(25,26)27/h2-4,6-9H,5,10-17H2,1H3. The smallest absolute Gasteiger partial charge is 0.418 e. The van der Waals surface area contributed by atoms with Crippen LogP contribution in [0.3, 0.4) is 0 Å². The molecule has 0 unspecified atom stereocenters. The number of para-hydroxylation sites is 2. The lowest BCUT2D eigenvalue weighted by molar-refractivity contribution is -0.141. The van der Waals surface area contributed by atoms with Crippen molar-refractivity contribution in [2.75, 3.05) is 57.3 Å². The zero-order valence-electron chi connectivity index (χ0n) is 18.6. The molecule has 2 aliphatic rings. The summed E-state index contributed by atoms with van der Waals surface area (Å²) in [5, 5.41) is 0.